The number of hydrogen-bond donors (Lipinski definition) is 3. The molecular weight excluding hydrogens is 384 g/mol. The Balaban J connectivity index is 2.02. The Morgan fingerprint density at radius 1 is 1.10 bits per heavy atom. The molecule has 3 N–H and O–H groups in total. The average molecular weight is 403 g/mol. The third-order valence-electron chi connectivity index (χ3n) is 4.44. The zero-order chi connectivity index (χ0) is 21.1. The molecule has 1 aliphatic rings. The lowest BCUT2D eigenvalue weighted by Crippen LogP contribution is -2.46. The number of benzene rings is 2. The van der Waals surface area contributed by atoms with Gasteiger partial charge in [0.05, 0.1) is 25.8 Å². The Morgan fingerprint density at radius 3 is 2.52 bits per heavy atom. The third kappa shape index (κ3) is 3.98. The Bertz CT molecular complexity index is 1010. The Kier molecular flexibility index (Phi) is 5.67. The Morgan fingerprint density at radius 2 is 1.86 bits per heavy atom. The summed E-state index contributed by atoms with van der Waals surface area (Å²) in [4.78, 5) is 25.0. The fourth-order valence-corrected chi connectivity index (χ4v) is 3.14. The Labute approximate surface area is 165 Å². The van der Waals surface area contributed by atoms with E-state index in [0.717, 1.165) is 12.1 Å². The van der Waals surface area contributed by atoms with Crippen LogP contribution >= 0.6 is 0 Å². The molecule has 2 aromatic carbocycles. The van der Waals surface area contributed by atoms with Gasteiger partial charge in [0.2, 0.25) is 0 Å². The van der Waals surface area contributed by atoms with E-state index in [2.05, 4.69) is 16.0 Å². The summed E-state index contributed by atoms with van der Waals surface area (Å²) in [5, 5.41) is 7.76. The highest BCUT2D eigenvalue weighted by molar-refractivity contribution is 6.06. The van der Waals surface area contributed by atoms with Crippen LogP contribution in [0.2, 0.25) is 0 Å². The smallest absolute Gasteiger partial charge is 0.319 e. The number of carbonyl (C=O) groups excluding carboxylic acids is 2. The summed E-state index contributed by atoms with van der Waals surface area (Å²) >= 11 is 0. The van der Waals surface area contributed by atoms with Crippen molar-refractivity contribution in [3.05, 3.63) is 64.9 Å². The first-order valence-corrected chi connectivity index (χ1v) is 8.61. The van der Waals surface area contributed by atoms with Crippen molar-refractivity contribution in [1.29, 1.82) is 0 Å². The second-order valence-corrected chi connectivity index (χ2v) is 6.24. The number of carbonyl (C=O) groups is 2. The maximum absolute atomic E-state index is 13.5. The number of nitrogens with one attached hydrogen (secondary N) is 3. The van der Waals surface area contributed by atoms with Gasteiger partial charge in [-0.3, -0.25) is 4.79 Å². The minimum Gasteiger partial charge on any atom is -0.493 e. The standard InChI is InChI=1S/C20H19F2N3O4/c1-10-16(19(26)24-11-7-8-13(21)14(22)9-11)17(25-20(27)23-10)12-5-4-6-15(28-2)18(12)29-3/h4-9,17H,1-3H3,(H,24,26)(H2,23,25,27)/t17-/m0/s1. The summed E-state index contributed by atoms with van der Waals surface area (Å²) in [5.74, 6) is -1.93. The highest BCUT2D eigenvalue weighted by Crippen LogP contribution is 2.39. The zero-order valence-electron chi connectivity index (χ0n) is 15.9. The Hall–Kier alpha value is -3.62. The molecule has 3 rings (SSSR count). The molecule has 0 radical (unpaired) electrons. The van der Waals surface area contributed by atoms with Crippen molar-refractivity contribution in [1.82, 2.24) is 10.6 Å². The number of allylic oxidation sites excluding steroid dienone is 1. The minimum absolute atomic E-state index is 0.0717. The lowest BCUT2D eigenvalue weighted by Gasteiger charge is -2.30. The molecule has 29 heavy (non-hydrogen) atoms. The molecule has 3 amide bonds. The number of urea groups is 1. The molecule has 0 unspecified atom stereocenters. The van der Waals surface area contributed by atoms with Gasteiger partial charge in [-0.05, 0) is 25.1 Å². The summed E-state index contributed by atoms with van der Waals surface area (Å²) in [7, 11) is 2.92. The molecule has 0 saturated heterocycles. The third-order valence-corrected chi connectivity index (χ3v) is 4.44. The number of methoxy groups -OCH3 is 2. The fraction of sp³-hybridized carbons (Fsp3) is 0.200. The summed E-state index contributed by atoms with van der Waals surface area (Å²) in [6.07, 6.45) is 0. The van der Waals surface area contributed by atoms with Crippen molar-refractivity contribution in [2.45, 2.75) is 13.0 Å². The predicted molar refractivity (Wildman–Crippen MR) is 102 cm³/mol. The van der Waals surface area contributed by atoms with Gasteiger partial charge in [-0.2, -0.15) is 0 Å². The van der Waals surface area contributed by atoms with E-state index in [9.17, 15) is 18.4 Å². The molecule has 1 aliphatic heterocycles. The normalized spacial score (nSPS) is 16.0. The first kappa shape index (κ1) is 20.1. The number of amides is 3. The van der Waals surface area contributed by atoms with Crippen LogP contribution in [0.1, 0.15) is 18.5 Å². The minimum atomic E-state index is -1.09. The van der Waals surface area contributed by atoms with E-state index in [1.807, 2.05) is 0 Å². The van der Waals surface area contributed by atoms with Gasteiger partial charge in [-0.25, -0.2) is 13.6 Å². The number of anilines is 1. The van der Waals surface area contributed by atoms with Crippen LogP contribution in [0, 0.1) is 11.6 Å². The molecule has 0 bridgehead atoms. The summed E-state index contributed by atoms with van der Waals surface area (Å²) in [5.41, 5.74) is 1.06. The van der Waals surface area contributed by atoms with Gasteiger partial charge in [0, 0.05) is 23.0 Å². The molecule has 9 heteroatoms. The van der Waals surface area contributed by atoms with Crippen LogP contribution in [0.5, 0.6) is 11.5 Å². The SMILES string of the molecule is COc1cccc([C@@H]2NC(=O)NC(C)=C2C(=O)Nc2ccc(F)c(F)c2)c1OC. The molecule has 152 valence electrons. The molecule has 1 atom stereocenters. The first-order valence-electron chi connectivity index (χ1n) is 8.61. The van der Waals surface area contributed by atoms with Crippen molar-refractivity contribution in [2.75, 3.05) is 19.5 Å². The van der Waals surface area contributed by atoms with Crippen LogP contribution in [0.3, 0.4) is 0 Å². The lowest BCUT2D eigenvalue weighted by atomic mass is 9.93. The van der Waals surface area contributed by atoms with E-state index in [1.54, 1.807) is 25.1 Å². The molecule has 0 spiro atoms. The van der Waals surface area contributed by atoms with Crippen LogP contribution in [0.15, 0.2) is 47.7 Å². The van der Waals surface area contributed by atoms with Crippen LogP contribution in [-0.2, 0) is 4.79 Å². The number of hydrogen-bond acceptors (Lipinski definition) is 4. The molecular formula is C20H19F2N3O4. The maximum atomic E-state index is 13.5. The lowest BCUT2D eigenvalue weighted by molar-refractivity contribution is -0.113. The summed E-state index contributed by atoms with van der Waals surface area (Å²) < 4.78 is 37.4. The van der Waals surface area contributed by atoms with E-state index >= 15 is 0 Å². The van der Waals surface area contributed by atoms with Crippen molar-refractivity contribution in [2.24, 2.45) is 0 Å². The number of rotatable bonds is 5. The highest BCUT2D eigenvalue weighted by atomic mass is 19.2. The quantitative estimate of drug-likeness (QED) is 0.715. The average Bonchev–Trinajstić information content (AvgIpc) is 2.69. The highest BCUT2D eigenvalue weighted by Gasteiger charge is 2.33. The molecule has 1 heterocycles. The predicted octanol–water partition coefficient (Wildman–Crippen LogP) is 3.25. The van der Waals surface area contributed by atoms with Gasteiger partial charge in [0.15, 0.2) is 23.1 Å². The van der Waals surface area contributed by atoms with Gasteiger partial charge < -0.3 is 25.4 Å². The van der Waals surface area contributed by atoms with Crippen LogP contribution < -0.4 is 25.4 Å². The van der Waals surface area contributed by atoms with E-state index in [4.69, 9.17) is 9.47 Å². The zero-order valence-corrected chi connectivity index (χ0v) is 15.9. The van der Waals surface area contributed by atoms with Gasteiger partial charge in [-0.15, -0.1) is 0 Å². The van der Waals surface area contributed by atoms with E-state index in [0.29, 0.717) is 22.8 Å². The second kappa shape index (κ2) is 8.17. The van der Waals surface area contributed by atoms with Crippen molar-refractivity contribution in [3.63, 3.8) is 0 Å². The first-order chi connectivity index (χ1) is 13.8. The van der Waals surface area contributed by atoms with Crippen molar-refractivity contribution < 1.29 is 27.8 Å². The number of para-hydroxylation sites is 1. The number of ether oxygens (including phenoxy) is 2. The molecule has 0 aromatic heterocycles. The summed E-state index contributed by atoms with van der Waals surface area (Å²) in [6.45, 7) is 1.57. The molecule has 0 fully saturated rings. The van der Waals surface area contributed by atoms with Crippen molar-refractivity contribution >= 4 is 17.6 Å². The van der Waals surface area contributed by atoms with Gasteiger partial charge in [0.1, 0.15) is 0 Å². The largest absolute Gasteiger partial charge is 0.493 e. The monoisotopic (exact) mass is 403 g/mol. The van der Waals surface area contributed by atoms with Crippen LogP contribution in [-0.4, -0.2) is 26.2 Å². The number of halogens is 2. The molecule has 0 aliphatic carbocycles. The van der Waals surface area contributed by atoms with E-state index in [-0.39, 0.29) is 11.3 Å². The van der Waals surface area contributed by atoms with Gasteiger partial charge in [-0.1, -0.05) is 12.1 Å². The molecule has 0 saturated carbocycles. The fourth-order valence-electron chi connectivity index (χ4n) is 3.14. The van der Waals surface area contributed by atoms with E-state index in [1.165, 1.54) is 20.3 Å². The summed E-state index contributed by atoms with van der Waals surface area (Å²) in [6, 6.07) is 6.74. The van der Waals surface area contributed by atoms with Crippen LogP contribution in [0.25, 0.3) is 0 Å². The maximum Gasteiger partial charge on any atom is 0.319 e. The second-order valence-electron chi connectivity index (χ2n) is 6.24. The van der Waals surface area contributed by atoms with Crippen LogP contribution in [0.4, 0.5) is 19.3 Å². The molecule has 7 nitrogen and oxygen atoms in total. The van der Waals surface area contributed by atoms with Gasteiger partial charge >= 0.3 is 6.03 Å². The van der Waals surface area contributed by atoms with E-state index < -0.39 is 29.6 Å². The molecule has 2 aromatic rings. The van der Waals surface area contributed by atoms with Crippen molar-refractivity contribution in [3.8, 4) is 11.5 Å². The van der Waals surface area contributed by atoms with Gasteiger partial charge in [0.25, 0.3) is 5.91 Å². The topological polar surface area (TPSA) is 88.7 Å².